The summed E-state index contributed by atoms with van der Waals surface area (Å²) in [6.07, 6.45) is 0. The lowest BCUT2D eigenvalue weighted by Crippen LogP contribution is -2.18. The molecule has 2 heterocycles. The van der Waals surface area contributed by atoms with Gasteiger partial charge in [-0.1, -0.05) is 12.1 Å². The summed E-state index contributed by atoms with van der Waals surface area (Å²) in [6.45, 7) is 0.197. The number of hydrogen-bond donors (Lipinski definition) is 3. The third-order valence-corrected chi connectivity index (χ3v) is 2.71. The average Bonchev–Trinajstić information content (AvgIpc) is 2.93. The molecular formula is C11H11N7O. The Balaban J connectivity index is 2.28. The van der Waals surface area contributed by atoms with E-state index in [1.807, 2.05) is 24.3 Å². The molecule has 0 saturated heterocycles. The van der Waals surface area contributed by atoms with Crippen molar-refractivity contribution in [2.24, 2.45) is 5.73 Å². The second-order valence-corrected chi connectivity index (χ2v) is 4.03. The van der Waals surface area contributed by atoms with Crippen LogP contribution in [0.15, 0.2) is 28.9 Å². The number of imidazole rings is 1. The van der Waals surface area contributed by atoms with Crippen LogP contribution >= 0.6 is 0 Å². The average molecular weight is 257 g/mol. The Hall–Kier alpha value is -2.90. The summed E-state index contributed by atoms with van der Waals surface area (Å²) in [5.74, 6) is 0.648. The van der Waals surface area contributed by atoms with Crippen LogP contribution in [0.2, 0.25) is 0 Å². The summed E-state index contributed by atoms with van der Waals surface area (Å²) >= 11 is 0. The first-order chi connectivity index (χ1) is 9.16. The van der Waals surface area contributed by atoms with E-state index in [1.54, 1.807) is 4.57 Å². The van der Waals surface area contributed by atoms with Crippen LogP contribution in [0.4, 0.5) is 5.82 Å². The van der Waals surface area contributed by atoms with Crippen LogP contribution in [0.1, 0.15) is 0 Å². The van der Waals surface area contributed by atoms with Crippen LogP contribution in [-0.2, 0) is 6.54 Å². The van der Waals surface area contributed by atoms with Gasteiger partial charge in [0.25, 0.3) is 0 Å². The Labute approximate surface area is 107 Å². The maximum absolute atomic E-state index is 7.46. The number of nitrogens with zero attached hydrogens (tertiary/aromatic N) is 4. The van der Waals surface area contributed by atoms with Crippen molar-refractivity contribution in [3.05, 3.63) is 24.3 Å². The van der Waals surface area contributed by atoms with Crippen molar-refractivity contribution in [3.63, 3.8) is 0 Å². The minimum atomic E-state index is 0.0134. The number of hydrogen-bond acceptors (Lipinski definition) is 6. The summed E-state index contributed by atoms with van der Waals surface area (Å²) in [4.78, 5) is 4.44. The normalized spacial score (nSPS) is 10.9. The van der Waals surface area contributed by atoms with E-state index < -0.39 is 0 Å². The molecule has 3 aromatic rings. The molecule has 0 aliphatic carbocycles. The number of nitrogen functional groups attached to an aromatic ring is 1. The first-order valence-electron chi connectivity index (χ1n) is 5.53. The third kappa shape index (κ3) is 1.79. The number of nitrogens with two attached hydrogens (primary N) is 2. The topological polar surface area (TPSA) is 133 Å². The van der Waals surface area contributed by atoms with Crippen LogP contribution < -0.4 is 11.5 Å². The lowest BCUT2D eigenvalue weighted by atomic mass is 10.3. The number of fused-ring (bicyclic) bond motifs is 1. The Morgan fingerprint density at radius 2 is 2.11 bits per heavy atom. The molecule has 8 heteroatoms. The molecule has 0 amide bonds. The van der Waals surface area contributed by atoms with Gasteiger partial charge in [0.2, 0.25) is 0 Å². The predicted molar refractivity (Wildman–Crippen MR) is 69.4 cm³/mol. The molecule has 3 rings (SSSR count). The minimum Gasteiger partial charge on any atom is -0.386 e. The number of anilines is 1. The third-order valence-electron chi connectivity index (χ3n) is 2.71. The van der Waals surface area contributed by atoms with E-state index in [0.717, 1.165) is 11.0 Å². The fraction of sp³-hybridized carbons (Fsp3) is 0.0909. The molecule has 0 atom stereocenters. The van der Waals surface area contributed by atoms with Crippen LogP contribution in [0.3, 0.4) is 0 Å². The van der Waals surface area contributed by atoms with Gasteiger partial charge in [-0.05, 0) is 22.4 Å². The van der Waals surface area contributed by atoms with E-state index in [0.29, 0.717) is 11.5 Å². The van der Waals surface area contributed by atoms with E-state index in [1.165, 1.54) is 0 Å². The predicted octanol–water partition coefficient (Wildman–Crippen LogP) is 0.604. The maximum Gasteiger partial charge on any atom is 0.199 e. The van der Waals surface area contributed by atoms with Crippen molar-refractivity contribution in [3.8, 4) is 11.5 Å². The van der Waals surface area contributed by atoms with E-state index in [4.69, 9.17) is 16.9 Å². The van der Waals surface area contributed by atoms with Gasteiger partial charge in [0.15, 0.2) is 17.3 Å². The van der Waals surface area contributed by atoms with Crippen molar-refractivity contribution in [2.75, 3.05) is 5.73 Å². The quantitative estimate of drug-likeness (QED) is 0.465. The number of benzene rings is 1. The van der Waals surface area contributed by atoms with Crippen LogP contribution in [-0.4, -0.2) is 25.7 Å². The summed E-state index contributed by atoms with van der Waals surface area (Å²) in [5, 5.41) is 14.7. The fourth-order valence-electron chi connectivity index (χ4n) is 1.94. The van der Waals surface area contributed by atoms with Crippen molar-refractivity contribution >= 4 is 22.7 Å². The van der Waals surface area contributed by atoms with E-state index in [2.05, 4.69) is 19.9 Å². The van der Waals surface area contributed by atoms with E-state index in [-0.39, 0.29) is 18.2 Å². The van der Waals surface area contributed by atoms with Gasteiger partial charge >= 0.3 is 0 Å². The zero-order valence-electron chi connectivity index (χ0n) is 9.87. The Morgan fingerprint density at radius 1 is 1.32 bits per heavy atom. The largest absolute Gasteiger partial charge is 0.386 e. The summed E-state index contributed by atoms with van der Waals surface area (Å²) in [6, 6.07) is 7.51. The summed E-state index contributed by atoms with van der Waals surface area (Å²) in [7, 11) is 0. The molecular weight excluding hydrogens is 246 g/mol. The molecule has 96 valence electrons. The van der Waals surface area contributed by atoms with Gasteiger partial charge in [0, 0.05) is 0 Å². The van der Waals surface area contributed by atoms with E-state index >= 15 is 0 Å². The molecule has 19 heavy (non-hydrogen) atoms. The summed E-state index contributed by atoms with van der Waals surface area (Å²) in [5.41, 5.74) is 13.1. The molecule has 0 bridgehead atoms. The first kappa shape index (κ1) is 11.2. The number of nitrogens with one attached hydrogen (secondary N) is 1. The minimum absolute atomic E-state index is 0.0134. The molecule has 8 nitrogen and oxygen atoms in total. The van der Waals surface area contributed by atoms with Crippen molar-refractivity contribution in [1.82, 2.24) is 19.9 Å². The zero-order valence-corrected chi connectivity index (χ0v) is 9.87. The molecule has 0 fully saturated rings. The molecule has 0 saturated carbocycles. The highest BCUT2D eigenvalue weighted by molar-refractivity contribution is 5.85. The lowest BCUT2D eigenvalue weighted by molar-refractivity contribution is 0.310. The van der Waals surface area contributed by atoms with Gasteiger partial charge < -0.3 is 16.0 Å². The van der Waals surface area contributed by atoms with Gasteiger partial charge in [0.05, 0.1) is 17.6 Å². The van der Waals surface area contributed by atoms with Crippen molar-refractivity contribution < 1.29 is 4.63 Å². The second-order valence-electron chi connectivity index (χ2n) is 4.03. The number of rotatable bonds is 3. The van der Waals surface area contributed by atoms with Gasteiger partial charge in [-0.3, -0.25) is 5.41 Å². The second kappa shape index (κ2) is 4.09. The first-order valence-corrected chi connectivity index (χ1v) is 5.53. The SMILES string of the molecule is N=C(N)Cn1c(-c2nonc2N)nc2ccccc21. The van der Waals surface area contributed by atoms with Gasteiger partial charge in [0.1, 0.15) is 5.84 Å². The highest BCUT2D eigenvalue weighted by Crippen LogP contribution is 2.26. The monoisotopic (exact) mass is 257 g/mol. The molecule has 0 spiro atoms. The van der Waals surface area contributed by atoms with Crippen LogP contribution in [0.5, 0.6) is 0 Å². The molecule has 0 aliphatic heterocycles. The molecule has 5 N–H and O–H groups in total. The molecule has 1 aromatic carbocycles. The Kier molecular flexibility index (Phi) is 2.41. The molecule has 0 radical (unpaired) electrons. The van der Waals surface area contributed by atoms with E-state index in [9.17, 15) is 0 Å². The van der Waals surface area contributed by atoms with Crippen molar-refractivity contribution in [1.29, 1.82) is 5.41 Å². The zero-order chi connectivity index (χ0) is 13.4. The molecule has 0 aliphatic rings. The highest BCUT2D eigenvalue weighted by atomic mass is 16.6. The summed E-state index contributed by atoms with van der Waals surface area (Å²) < 4.78 is 6.35. The van der Waals surface area contributed by atoms with Gasteiger partial charge in [-0.15, -0.1) is 0 Å². The Morgan fingerprint density at radius 3 is 2.79 bits per heavy atom. The smallest absolute Gasteiger partial charge is 0.199 e. The Bertz CT molecular complexity index is 757. The molecule has 0 unspecified atom stereocenters. The van der Waals surface area contributed by atoms with Gasteiger partial charge in [-0.25, -0.2) is 9.61 Å². The fourth-order valence-corrected chi connectivity index (χ4v) is 1.94. The number of amidine groups is 1. The molecule has 2 aromatic heterocycles. The standard InChI is InChI=1S/C11H11N7O/c12-8(13)5-18-7-4-2-1-3-6(7)15-11(18)9-10(14)17-19-16-9/h1-4H,5H2,(H3,12,13)(H2,14,17). The highest BCUT2D eigenvalue weighted by Gasteiger charge is 2.19. The maximum atomic E-state index is 7.46. The van der Waals surface area contributed by atoms with Crippen LogP contribution in [0.25, 0.3) is 22.6 Å². The number of aromatic nitrogens is 4. The van der Waals surface area contributed by atoms with Gasteiger partial charge in [-0.2, -0.15) is 0 Å². The van der Waals surface area contributed by atoms with Crippen molar-refractivity contribution in [2.45, 2.75) is 6.54 Å². The lowest BCUT2D eigenvalue weighted by Gasteiger charge is -2.05. The number of para-hydroxylation sites is 2. The van der Waals surface area contributed by atoms with Crippen LogP contribution in [0, 0.1) is 5.41 Å².